The maximum Gasteiger partial charge on any atom is 0.162 e. The highest BCUT2D eigenvalue weighted by Gasteiger charge is 2.04. The molecule has 19 heavy (non-hydrogen) atoms. The van der Waals surface area contributed by atoms with E-state index in [9.17, 15) is 0 Å². The molecule has 0 aliphatic heterocycles. The van der Waals surface area contributed by atoms with E-state index >= 15 is 0 Å². The van der Waals surface area contributed by atoms with Gasteiger partial charge in [0.2, 0.25) is 0 Å². The maximum atomic E-state index is 4.22. The van der Waals surface area contributed by atoms with Crippen molar-refractivity contribution < 1.29 is 0 Å². The Hall–Kier alpha value is -2.43. The van der Waals surface area contributed by atoms with Gasteiger partial charge in [-0.15, -0.1) is 0 Å². The van der Waals surface area contributed by atoms with Crippen LogP contribution in [0.1, 0.15) is 11.1 Å². The van der Waals surface area contributed by atoms with E-state index in [1.165, 1.54) is 17.5 Å². The van der Waals surface area contributed by atoms with Crippen molar-refractivity contribution in [3.63, 3.8) is 0 Å². The lowest BCUT2D eigenvalue weighted by Gasteiger charge is -2.06. The summed E-state index contributed by atoms with van der Waals surface area (Å²) in [5, 5.41) is 3.31. The fourth-order valence-corrected chi connectivity index (χ4v) is 2.09. The SMILES string of the molecule is Cc1cccc(CCNc2ncnc3[nH]cnc23)c1. The van der Waals surface area contributed by atoms with E-state index in [1.54, 1.807) is 6.33 Å². The van der Waals surface area contributed by atoms with Gasteiger partial charge in [0.05, 0.1) is 6.33 Å². The highest BCUT2D eigenvalue weighted by Crippen LogP contribution is 2.14. The Bertz CT molecular complexity index is 689. The number of aryl methyl sites for hydroxylation is 1. The molecule has 96 valence electrons. The zero-order chi connectivity index (χ0) is 13.1. The molecule has 0 fully saturated rings. The number of hydrogen-bond acceptors (Lipinski definition) is 4. The topological polar surface area (TPSA) is 66.5 Å². The number of benzene rings is 1. The molecule has 0 saturated heterocycles. The molecular weight excluding hydrogens is 238 g/mol. The van der Waals surface area contributed by atoms with Gasteiger partial charge >= 0.3 is 0 Å². The standard InChI is InChI=1S/C14H15N5/c1-10-3-2-4-11(7-10)5-6-15-13-12-14(17-8-16-12)19-9-18-13/h2-4,7-9H,5-6H2,1H3,(H2,15,16,17,18,19). The van der Waals surface area contributed by atoms with Crippen molar-refractivity contribution in [2.24, 2.45) is 0 Å². The number of nitrogens with zero attached hydrogens (tertiary/aromatic N) is 3. The predicted octanol–water partition coefficient (Wildman–Crippen LogP) is 2.32. The Morgan fingerprint density at radius 3 is 3.05 bits per heavy atom. The Morgan fingerprint density at radius 2 is 2.16 bits per heavy atom. The van der Waals surface area contributed by atoms with E-state index in [0.717, 1.165) is 29.9 Å². The molecule has 2 N–H and O–H groups in total. The summed E-state index contributed by atoms with van der Waals surface area (Å²) in [5.74, 6) is 0.777. The van der Waals surface area contributed by atoms with Crippen molar-refractivity contribution >= 4 is 17.0 Å². The molecule has 2 aromatic heterocycles. The Labute approximate surface area is 111 Å². The van der Waals surface area contributed by atoms with Gasteiger partial charge < -0.3 is 10.3 Å². The lowest BCUT2D eigenvalue weighted by molar-refractivity contribution is 1.00. The summed E-state index contributed by atoms with van der Waals surface area (Å²) < 4.78 is 0. The van der Waals surface area contributed by atoms with Gasteiger partial charge in [0.15, 0.2) is 11.5 Å². The van der Waals surface area contributed by atoms with Gasteiger partial charge in [-0.1, -0.05) is 29.8 Å². The number of aromatic amines is 1. The summed E-state index contributed by atoms with van der Waals surface area (Å²) in [6.07, 6.45) is 4.12. The Balaban J connectivity index is 1.68. The number of hydrogen-bond donors (Lipinski definition) is 2. The highest BCUT2D eigenvalue weighted by atomic mass is 15.1. The van der Waals surface area contributed by atoms with Crippen LogP contribution in [0.4, 0.5) is 5.82 Å². The van der Waals surface area contributed by atoms with Crippen LogP contribution in [0.25, 0.3) is 11.2 Å². The third-order valence-corrected chi connectivity index (χ3v) is 3.01. The van der Waals surface area contributed by atoms with E-state index in [0.29, 0.717) is 0 Å². The fourth-order valence-electron chi connectivity index (χ4n) is 2.09. The van der Waals surface area contributed by atoms with E-state index in [2.05, 4.69) is 56.4 Å². The van der Waals surface area contributed by atoms with Crippen LogP contribution in [0.5, 0.6) is 0 Å². The van der Waals surface area contributed by atoms with Crippen LogP contribution in [0, 0.1) is 6.92 Å². The summed E-state index contributed by atoms with van der Waals surface area (Å²) in [5.41, 5.74) is 4.15. The molecule has 0 aliphatic rings. The normalized spacial score (nSPS) is 10.8. The first-order chi connectivity index (χ1) is 9.33. The van der Waals surface area contributed by atoms with Crippen LogP contribution in [0.15, 0.2) is 36.9 Å². The highest BCUT2D eigenvalue weighted by molar-refractivity contribution is 5.81. The van der Waals surface area contributed by atoms with Crippen LogP contribution in [-0.4, -0.2) is 26.5 Å². The second-order valence-electron chi connectivity index (χ2n) is 4.49. The smallest absolute Gasteiger partial charge is 0.162 e. The zero-order valence-electron chi connectivity index (χ0n) is 10.7. The van der Waals surface area contributed by atoms with Crippen LogP contribution < -0.4 is 5.32 Å². The van der Waals surface area contributed by atoms with Crippen molar-refractivity contribution in [3.8, 4) is 0 Å². The van der Waals surface area contributed by atoms with Crippen molar-refractivity contribution in [2.45, 2.75) is 13.3 Å². The first kappa shape index (κ1) is 11.6. The van der Waals surface area contributed by atoms with E-state index < -0.39 is 0 Å². The molecule has 0 radical (unpaired) electrons. The molecule has 3 aromatic rings. The second-order valence-corrected chi connectivity index (χ2v) is 4.49. The van der Waals surface area contributed by atoms with Crippen molar-refractivity contribution in [1.29, 1.82) is 0 Å². The van der Waals surface area contributed by atoms with E-state index in [-0.39, 0.29) is 0 Å². The van der Waals surface area contributed by atoms with Gasteiger partial charge in [-0.3, -0.25) is 0 Å². The molecule has 0 amide bonds. The number of imidazole rings is 1. The number of nitrogens with one attached hydrogen (secondary N) is 2. The lowest BCUT2D eigenvalue weighted by atomic mass is 10.1. The van der Waals surface area contributed by atoms with Crippen molar-refractivity contribution in [3.05, 3.63) is 48.0 Å². The second kappa shape index (κ2) is 5.06. The van der Waals surface area contributed by atoms with Gasteiger partial charge in [0.1, 0.15) is 11.8 Å². The summed E-state index contributed by atoms with van der Waals surface area (Å²) in [6.45, 7) is 2.93. The molecule has 0 unspecified atom stereocenters. The molecule has 1 aromatic carbocycles. The molecule has 2 heterocycles. The predicted molar refractivity (Wildman–Crippen MR) is 75.1 cm³/mol. The number of H-pyrrole nitrogens is 1. The number of rotatable bonds is 4. The molecular formula is C14H15N5. The molecule has 0 atom stereocenters. The Morgan fingerprint density at radius 1 is 1.21 bits per heavy atom. The minimum absolute atomic E-state index is 0.757. The van der Waals surface area contributed by atoms with Gasteiger partial charge in [-0.2, -0.15) is 0 Å². The summed E-state index contributed by atoms with van der Waals surface area (Å²) in [7, 11) is 0. The monoisotopic (exact) mass is 253 g/mol. The first-order valence-corrected chi connectivity index (χ1v) is 6.26. The minimum Gasteiger partial charge on any atom is -0.368 e. The number of anilines is 1. The number of fused-ring (bicyclic) bond motifs is 1. The van der Waals surface area contributed by atoms with Gasteiger partial charge in [0.25, 0.3) is 0 Å². The third kappa shape index (κ3) is 2.54. The van der Waals surface area contributed by atoms with Crippen molar-refractivity contribution in [2.75, 3.05) is 11.9 Å². The van der Waals surface area contributed by atoms with E-state index in [4.69, 9.17) is 0 Å². The molecule has 5 nitrogen and oxygen atoms in total. The van der Waals surface area contributed by atoms with Crippen LogP contribution >= 0.6 is 0 Å². The van der Waals surface area contributed by atoms with Crippen LogP contribution in [0.2, 0.25) is 0 Å². The Kier molecular flexibility index (Phi) is 3.10. The quantitative estimate of drug-likeness (QED) is 0.748. The molecule has 5 heteroatoms. The van der Waals surface area contributed by atoms with Crippen LogP contribution in [0.3, 0.4) is 0 Å². The summed E-state index contributed by atoms with van der Waals surface area (Å²) >= 11 is 0. The van der Waals surface area contributed by atoms with Gasteiger partial charge in [0, 0.05) is 6.54 Å². The largest absolute Gasteiger partial charge is 0.368 e. The minimum atomic E-state index is 0.757. The van der Waals surface area contributed by atoms with E-state index in [1.807, 2.05) is 0 Å². The summed E-state index contributed by atoms with van der Waals surface area (Å²) in [6, 6.07) is 8.53. The summed E-state index contributed by atoms with van der Waals surface area (Å²) in [4.78, 5) is 15.5. The molecule has 0 bridgehead atoms. The zero-order valence-corrected chi connectivity index (χ0v) is 10.7. The number of aromatic nitrogens is 4. The van der Waals surface area contributed by atoms with Gasteiger partial charge in [-0.05, 0) is 18.9 Å². The molecule has 0 aliphatic carbocycles. The molecule has 0 saturated carbocycles. The van der Waals surface area contributed by atoms with Crippen LogP contribution in [-0.2, 0) is 6.42 Å². The lowest BCUT2D eigenvalue weighted by Crippen LogP contribution is -2.07. The maximum absolute atomic E-state index is 4.22. The average Bonchev–Trinajstić information content (AvgIpc) is 2.88. The molecule has 3 rings (SSSR count). The third-order valence-electron chi connectivity index (χ3n) is 3.01. The van der Waals surface area contributed by atoms with Crippen molar-refractivity contribution in [1.82, 2.24) is 19.9 Å². The fraction of sp³-hybridized carbons (Fsp3) is 0.214. The van der Waals surface area contributed by atoms with Gasteiger partial charge in [-0.25, -0.2) is 15.0 Å². The first-order valence-electron chi connectivity index (χ1n) is 6.26. The molecule has 0 spiro atoms. The average molecular weight is 253 g/mol.